The highest BCUT2D eigenvalue weighted by atomic mass is 35.5. The highest BCUT2D eigenvalue weighted by molar-refractivity contribution is 6.39. The number of carboxylic acids is 1. The van der Waals surface area contributed by atoms with Crippen molar-refractivity contribution in [3.63, 3.8) is 0 Å². The highest BCUT2D eigenvalue weighted by Crippen LogP contribution is 2.52. The van der Waals surface area contributed by atoms with Crippen LogP contribution in [0.3, 0.4) is 0 Å². The van der Waals surface area contributed by atoms with Gasteiger partial charge in [-0.25, -0.2) is 14.4 Å². The lowest BCUT2D eigenvalue weighted by molar-refractivity contribution is 0.0594. The zero-order valence-corrected chi connectivity index (χ0v) is 26.4. The molecule has 0 saturated carbocycles. The van der Waals surface area contributed by atoms with Crippen LogP contribution in [0.4, 0.5) is 0 Å². The number of aromatic hydroxyl groups is 2. The second-order valence-corrected chi connectivity index (χ2v) is 11.5. The minimum Gasteiger partial charge on any atom is -0.507 e. The molecule has 3 aromatic carbocycles. The van der Waals surface area contributed by atoms with E-state index in [1.165, 1.54) is 41.1 Å². The van der Waals surface area contributed by atoms with E-state index in [-0.39, 0.29) is 66.3 Å². The van der Waals surface area contributed by atoms with E-state index in [2.05, 4.69) is 0 Å². The van der Waals surface area contributed by atoms with Crippen LogP contribution < -0.4 is 18.9 Å². The van der Waals surface area contributed by atoms with Crippen molar-refractivity contribution in [2.45, 2.75) is 53.1 Å². The van der Waals surface area contributed by atoms with Crippen molar-refractivity contribution in [1.82, 2.24) is 0 Å². The number of fused-ring (bicyclic) bond motifs is 3. The van der Waals surface area contributed by atoms with E-state index >= 15 is 0 Å². The molecule has 2 heterocycles. The molecule has 0 aromatic heterocycles. The van der Waals surface area contributed by atoms with Crippen LogP contribution in [0.5, 0.6) is 40.2 Å². The van der Waals surface area contributed by atoms with E-state index < -0.39 is 29.4 Å². The summed E-state index contributed by atoms with van der Waals surface area (Å²) in [6.45, 7) is 8.47. The summed E-state index contributed by atoms with van der Waals surface area (Å²) in [6.07, 6.45) is 1.62. The van der Waals surface area contributed by atoms with Crippen molar-refractivity contribution in [3.05, 3.63) is 61.1 Å². The summed E-state index contributed by atoms with van der Waals surface area (Å²) in [5.41, 5.74) is 1.10. The van der Waals surface area contributed by atoms with Gasteiger partial charge in [0.15, 0.2) is 23.0 Å². The molecule has 0 spiro atoms. The maximum atomic E-state index is 12.7. The summed E-state index contributed by atoms with van der Waals surface area (Å²) in [5.74, 6) is -2.57. The Labute approximate surface area is 262 Å². The Hall–Kier alpha value is -4.35. The summed E-state index contributed by atoms with van der Waals surface area (Å²) in [6, 6.07) is 3.24. The van der Waals surface area contributed by atoms with Gasteiger partial charge in [-0.3, -0.25) is 0 Å². The molecule has 0 radical (unpaired) electrons. The standard InChI is InChI=1S/C18H14Cl2O7.C13H16O4/c1-5-9-16(11(20)13(22)10(5)19)26-14-6(2)8(17(23)25-4)12(21)7(3)15(14)27-18(9)24;1-13(2)7-6-8-10(17-13)5-4-9(12(14)15)11(8)16-3/h21-22H,1-4H3;4-5H,6-7H2,1-3H3,(H,14,15). The van der Waals surface area contributed by atoms with Crippen molar-refractivity contribution in [2.75, 3.05) is 14.2 Å². The lowest BCUT2D eigenvalue weighted by atomic mass is 9.92. The van der Waals surface area contributed by atoms with Gasteiger partial charge in [0, 0.05) is 16.7 Å². The molecule has 0 amide bonds. The monoisotopic (exact) mass is 648 g/mol. The first-order valence-corrected chi connectivity index (χ1v) is 14.0. The first-order chi connectivity index (χ1) is 20.6. The Morgan fingerprint density at radius 1 is 0.909 bits per heavy atom. The van der Waals surface area contributed by atoms with E-state index in [0.717, 1.165) is 24.2 Å². The number of carboxylic acid groups (broad SMARTS) is 1. The Morgan fingerprint density at radius 2 is 1.55 bits per heavy atom. The Morgan fingerprint density at radius 3 is 2.14 bits per heavy atom. The lowest BCUT2D eigenvalue weighted by Crippen LogP contribution is -2.32. The van der Waals surface area contributed by atoms with Crippen LogP contribution >= 0.6 is 23.2 Å². The third kappa shape index (κ3) is 5.53. The van der Waals surface area contributed by atoms with Gasteiger partial charge in [0.2, 0.25) is 0 Å². The van der Waals surface area contributed by atoms with Crippen LogP contribution in [0.2, 0.25) is 10.0 Å². The maximum absolute atomic E-state index is 12.7. The van der Waals surface area contributed by atoms with E-state index in [9.17, 15) is 24.6 Å². The predicted octanol–water partition coefficient (Wildman–Crippen LogP) is 6.94. The van der Waals surface area contributed by atoms with E-state index in [1.807, 2.05) is 13.8 Å². The summed E-state index contributed by atoms with van der Waals surface area (Å²) in [7, 11) is 2.65. The van der Waals surface area contributed by atoms with Crippen LogP contribution in [0.25, 0.3) is 0 Å². The molecule has 2 aliphatic rings. The third-order valence-corrected chi connectivity index (χ3v) is 8.22. The summed E-state index contributed by atoms with van der Waals surface area (Å²) in [4.78, 5) is 35.8. The molecular formula is C31H30Cl2O11. The second-order valence-electron chi connectivity index (χ2n) is 10.7. The molecule has 0 unspecified atom stereocenters. The average molecular weight is 649 g/mol. The normalized spacial score (nSPS) is 14.2. The number of carbonyl (C=O) groups is 3. The molecule has 3 aromatic rings. The lowest BCUT2D eigenvalue weighted by Gasteiger charge is -2.33. The number of methoxy groups -OCH3 is 2. The number of carbonyl (C=O) groups excluding carboxylic acids is 2. The van der Waals surface area contributed by atoms with Crippen molar-refractivity contribution in [2.24, 2.45) is 0 Å². The molecule has 3 N–H and O–H groups in total. The first-order valence-electron chi connectivity index (χ1n) is 13.2. The van der Waals surface area contributed by atoms with Gasteiger partial charge in [-0.05, 0) is 65.2 Å². The summed E-state index contributed by atoms with van der Waals surface area (Å²) in [5, 5.41) is 29.2. The molecule has 0 fully saturated rings. The number of hydrogen-bond acceptors (Lipinski definition) is 10. The average Bonchev–Trinajstić information content (AvgIpc) is 3.13. The van der Waals surface area contributed by atoms with E-state index in [4.69, 9.17) is 52.0 Å². The van der Waals surface area contributed by atoms with Crippen molar-refractivity contribution >= 4 is 41.1 Å². The van der Waals surface area contributed by atoms with Gasteiger partial charge in [0.25, 0.3) is 0 Å². The zero-order valence-electron chi connectivity index (χ0n) is 24.9. The smallest absolute Gasteiger partial charge is 0.347 e. The Bertz CT molecular complexity index is 1730. The Kier molecular flexibility index (Phi) is 8.86. The van der Waals surface area contributed by atoms with Gasteiger partial charge in [-0.15, -0.1) is 0 Å². The van der Waals surface area contributed by atoms with E-state index in [0.29, 0.717) is 5.75 Å². The van der Waals surface area contributed by atoms with Crippen LogP contribution in [-0.2, 0) is 11.2 Å². The fraction of sp³-hybridized carbons (Fsp3) is 0.323. The minimum absolute atomic E-state index is 0.0131. The number of halogens is 2. The molecule has 11 nitrogen and oxygen atoms in total. The van der Waals surface area contributed by atoms with E-state index in [1.54, 1.807) is 6.07 Å². The van der Waals surface area contributed by atoms with Crippen molar-refractivity contribution in [1.29, 1.82) is 0 Å². The minimum atomic E-state index is -0.977. The fourth-order valence-corrected chi connectivity index (χ4v) is 5.47. The zero-order chi connectivity index (χ0) is 32.8. The molecular weight excluding hydrogens is 619 g/mol. The number of benzene rings is 3. The molecule has 2 aliphatic heterocycles. The number of aromatic carboxylic acids is 1. The van der Waals surface area contributed by atoms with Gasteiger partial charge in [0.05, 0.1) is 19.2 Å². The van der Waals surface area contributed by atoms with Crippen molar-refractivity contribution < 1.29 is 53.4 Å². The number of ether oxygens (including phenoxy) is 5. The van der Waals surface area contributed by atoms with Gasteiger partial charge < -0.3 is 39.0 Å². The molecule has 5 rings (SSSR count). The second kappa shape index (κ2) is 12.0. The van der Waals surface area contributed by atoms with Crippen LogP contribution in [-0.4, -0.2) is 53.0 Å². The number of rotatable bonds is 3. The molecule has 13 heteroatoms. The molecule has 0 atom stereocenters. The number of phenols is 2. The predicted molar refractivity (Wildman–Crippen MR) is 160 cm³/mol. The van der Waals surface area contributed by atoms with Gasteiger partial charge in [-0.2, -0.15) is 0 Å². The fourth-order valence-electron chi connectivity index (χ4n) is 5.00. The highest BCUT2D eigenvalue weighted by Gasteiger charge is 2.36. The first kappa shape index (κ1) is 32.6. The quantitative estimate of drug-likeness (QED) is 0.199. The van der Waals surface area contributed by atoms with Gasteiger partial charge >= 0.3 is 17.9 Å². The summed E-state index contributed by atoms with van der Waals surface area (Å²) < 4.78 is 26.9. The van der Waals surface area contributed by atoms with Crippen LogP contribution in [0.15, 0.2) is 12.1 Å². The summed E-state index contributed by atoms with van der Waals surface area (Å²) >= 11 is 12.2. The largest absolute Gasteiger partial charge is 0.507 e. The third-order valence-electron chi connectivity index (χ3n) is 7.41. The number of hydrogen-bond donors (Lipinski definition) is 3. The maximum Gasteiger partial charge on any atom is 0.347 e. The number of esters is 2. The molecule has 44 heavy (non-hydrogen) atoms. The van der Waals surface area contributed by atoms with Crippen LogP contribution in [0.1, 0.15) is 73.6 Å². The molecule has 0 bridgehead atoms. The number of phenolic OH excluding ortho intramolecular Hbond substituents is 2. The molecule has 0 saturated heterocycles. The van der Waals surface area contributed by atoms with Crippen molar-refractivity contribution in [3.8, 4) is 40.2 Å². The SMILES string of the molecule is COC(=O)c1c(C)c2c(c(C)c1O)OC(=O)c1c(C)c(Cl)c(O)c(Cl)c1O2.COc1c(C(=O)O)ccc2c1CCC(C)(C)O2. The van der Waals surface area contributed by atoms with Crippen LogP contribution in [0, 0.1) is 20.8 Å². The molecule has 0 aliphatic carbocycles. The van der Waals surface area contributed by atoms with Gasteiger partial charge in [0.1, 0.15) is 44.6 Å². The Balaban J connectivity index is 0.000000223. The molecule has 234 valence electrons. The van der Waals surface area contributed by atoms with Gasteiger partial charge in [-0.1, -0.05) is 23.2 Å². The topological polar surface area (TPSA) is 158 Å².